The molecule has 0 spiro atoms. The predicted octanol–water partition coefficient (Wildman–Crippen LogP) is 8.23. The molecule has 0 radical (unpaired) electrons. The molecule has 34 heavy (non-hydrogen) atoms. The second kappa shape index (κ2) is 13.6. The maximum atomic E-state index is 9.38. The number of allylic oxidation sites excluding steroid dienone is 9. The van der Waals surface area contributed by atoms with E-state index < -0.39 is 0 Å². The number of rotatable bonds is 10. The topological polar surface area (TPSA) is 38.7 Å². The predicted molar refractivity (Wildman–Crippen MR) is 145 cm³/mol. The van der Waals surface area contributed by atoms with E-state index in [0.717, 1.165) is 25.7 Å². The lowest BCUT2D eigenvalue weighted by atomic mass is 9.72. The van der Waals surface area contributed by atoms with Gasteiger partial charge < -0.3 is 14.6 Å². The Labute approximate surface area is 209 Å². The number of ether oxygens (including phenoxy) is 2. The van der Waals surface area contributed by atoms with Crippen molar-refractivity contribution in [1.82, 2.24) is 0 Å². The third-order valence-corrected chi connectivity index (χ3v) is 7.69. The van der Waals surface area contributed by atoms with Gasteiger partial charge in [0.25, 0.3) is 0 Å². The summed E-state index contributed by atoms with van der Waals surface area (Å²) in [6.45, 7) is 18.7. The number of aliphatic hydroxyl groups excluding tert-OH is 1. The summed E-state index contributed by atoms with van der Waals surface area (Å²) in [6, 6.07) is 0. The summed E-state index contributed by atoms with van der Waals surface area (Å²) in [5.74, 6) is 0.521. The summed E-state index contributed by atoms with van der Waals surface area (Å²) in [5.41, 5.74) is 8.73. The van der Waals surface area contributed by atoms with Gasteiger partial charge in [0, 0.05) is 6.42 Å². The normalized spacial score (nSPS) is 27.4. The van der Waals surface area contributed by atoms with Gasteiger partial charge in [0.15, 0.2) is 6.29 Å². The summed E-state index contributed by atoms with van der Waals surface area (Å²) < 4.78 is 11.7. The van der Waals surface area contributed by atoms with Gasteiger partial charge >= 0.3 is 0 Å². The quantitative estimate of drug-likeness (QED) is 0.258. The summed E-state index contributed by atoms with van der Waals surface area (Å²) in [4.78, 5) is 0. The minimum absolute atomic E-state index is 0.0691. The van der Waals surface area contributed by atoms with E-state index >= 15 is 0 Å². The molecule has 1 saturated heterocycles. The molecule has 192 valence electrons. The maximum Gasteiger partial charge on any atom is 0.158 e. The fraction of sp³-hybridized carbons (Fsp3) is 0.677. The molecule has 3 unspecified atom stereocenters. The van der Waals surface area contributed by atoms with Gasteiger partial charge in [-0.3, -0.25) is 0 Å². The van der Waals surface area contributed by atoms with E-state index in [9.17, 15) is 5.11 Å². The first kappa shape index (κ1) is 28.8. The molecule has 1 N–H and O–H groups in total. The zero-order valence-corrected chi connectivity index (χ0v) is 23.2. The van der Waals surface area contributed by atoms with Crippen LogP contribution in [0, 0.1) is 11.3 Å². The minimum Gasteiger partial charge on any atom is -0.394 e. The van der Waals surface area contributed by atoms with Gasteiger partial charge in [0.2, 0.25) is 0 Å². The molecule has 1 aliphatic heterocycles. The Kier molecular flexibility index (Phi) is 11.5. The number of aliphatic hydroxyl groups is 1. The Morgan fingerprint density at radius 1 is 1.00 bits per heavy atom. The highest BCUT2D eigenvalue weighted by Gasteiger charge is 2.27. The molecule has 0 aromatic rings. The van der Waals surface area contributed by atoms with Crippen molar-refractivity contribution >= 4 is 0 Å². The molecule has 0 saturated carbocycles. The zero-order valence-electron chi connectivity index (χ0n) is 23.2. The van der Waals surface area contributed by atoms with Gasteiger partial charge in [-0.2, -0.15) is 0 Å². The lowest BCUT2D eigenvalue weighted by molar-refractivity contribution is -0.206. The van der Waals surface area contributed by atoms with Crippen LogP contribution in [-0.4, -0.2) is 30.7 Å². The van der Waals surface area contributed by atoms with E-state index in [0.29, 0.717) is 17.9 Å². The molecule has 2 rings (SSSR count). The van der Waals surface area contributed by atoms with Crippen molar-refractivity contribution in [3.05, 3.63) is 57.7 Å². The first-order valence-electron chi connectivity index (χ1n) is 13.3. The first-order chi connectivity index (χ1) is 16.0. The van der Waals surface area contributed by atoms with Crippen molar-refractivity contribution in [2.45, 2.75) is 113 Å². The number of unbranched alkanes of at least 4 members (excludes halogenated alkanes) is 1. The molecule has 3 heteroatoms. The molecule has 0 aromatic heterocycles. The largest absolute Gasteiger partial charge is 0.394 e. The fourth-order valence-corrected chi connectivity index (χ4v) is 5.08. The smallest absolute Gasteiger partial charge is 0.158 e. The Morgan fingerprint density at radius 2 is 1.62 bits per heavy atom. The van der Waals surface area contributed by atoms with E-state index in [1.54, 1.807) is 11.1 Å². The molecule has 0 bridgehead atoms. The van der Waals surface area contributed by atoms with Gasteiger partial charge in [-0.15, -0.1) is 0 Å². The van der Waals surface area contributed by atoms with Gasteiger partial charge in [-0.05, 0) is 95.6 Å². The van der Waals surface area contributed by atoms with Crippen LogP contribution in [0.3, 0.4) is 0 Å². The van der Waals surface area contributed by atoms with Gasteiger partial charge in [-0.25, -0.2) is 0 Å². The molecule has 2 aliphatic rings. The molecular formula is C31H50O3. The molecule has 1 aliphatic carbocycles. The van der Waals surface area contributed by atoms with Gasteiger partial charge in [0.05, 0.1) is 19.3 Å². The van der Waals surface area contributed by atoms with Crippen LogP contribution in [0.1, 0.15) is 100 Å². The van der Waals surface area contributed by atoms with Gasteiger partial charge in [-0.1, -0.05) is 67.4 Å². The SMILES string of the molecule is CC1=C(/C=C(C)/C(C)=C/CC/C=C(C)/C(C)=C/COC2CC(C)CC(CO)O2)C(C)(C)CCC1. The molecule has 0 aromatic carbocycles. The molecule has 3 atom stereocenters. The van der Waals surface area contributed by atoms with Crippen molar-refractivity contribution in [3.63, 3.8) is 0 Å². The van der Waals surface area contributed by atoms with Gasteiger partial charge in [0.1, 0.15) is 0 Å². The van der Waals surface area contributed by atoms with Crippen molar-refractivity contribution in [3.8, 4) is 0 Å². The van der Waals surface area contributed by atoms with Crippen LogP contribution >= 0.6 is 0 Å². The lowest BCUT2D eigenvalue weighted by Crippen LogP contribution is -2.35. The van der Waals surface area contributed by atoms with E-state index in [2.05, 4.69) is 79.7 Å². The highest BCUT2D eigenvalue weighted by Crippen LogP contribution is 2.41. The Bertz CT molecular complexity index is 822. The molecule has 1 heterocycles. The average Bonchev–Trinajstić information content (AvgIpc) is 2.78. The van der Waals surface area contributed by atoms with Crippen LogP contribution in [-0.2, 0) is 9.47 Å². The standard InChI is InChI=1S/C31H50O3/c1-22-18-28(21-32)34-30(19-22)33-17-15-25(4)23(2)12-9-10-13-24(3)27(6)20-29-26(5)14-11-16-31(29,7)8/h12-13,15,20,22,28,30,32H,9-11,14,16-19,21H2,1-8H3/b23-12+,24-13+,25-15+,27-20+. The van der Waals surface area contributed by atoms with Crippen LogP contribution in [0.2, 0.25) is 0 Å². The van der Waals surface area contributed by atoms with Crippen LogP contribution in [0.4, 0.5) is 0 Å². The average molecular weight is 471 g/mol. The molecular weight excluding hydrogens is 420 g/mol. The third-order valence-electron chi connectivity index (χ3n) is 7.69. The third kappa shape index (κ3) is 8.98. The van der Waals surface area contributed by atoms with Crippen molar-refractivity contribution in [2.24, 2.45) is 11.3 Å². The Morgan fingerprint density at radius 3 is 2.24 bits per heavy atom. The molecule has 1 fully saturated rings. The minimum atomic E-state index is -0.211. The number of hydrogen-bond acceptors (Lipinski definition) is 3. The number of hydrogen-bond donors (Lipinski definition) is 1. The van der Waals surface area contributed by atoms with Crippen LogP contribution in [0.5, 0.6) is 0 Å². The Balaban J connectivity index is 1.84. The second-order valence-corrected chi connectivity index (χ2v) is 11.3. The zero-order chi connectivity index (χ0) is 25.3. The highest BCUT2D eigenvalue weighted by molar-refractivity contribution is 5.40. The highest BCUT2D eigenvalue weighted by atomic mass is 16.7. The van der Waals surface area contributed by atoms with Crippen LogP contribution in [0.25, 0.3) is 0 Å². The molecule has 3 nitrogen and oxygen atoms in total. The summed E-state index contributed by atoms with van der Waals surface area (Å²) >= 11 is 0. The fourth-order valence-electron chi connectivity index (χ4n) is 5.08. The first-order valence-corrected chi connectivity index (χ1v) is 13.3. The Hall–Kier alpha value is -1.42. The van der Waals surface area contributed by atoms with Crippen LogP contribution in [0.15, 0.2) is 57.7 Å². The second-order valence-electron chi connectivity index (χ2n) is 11.3. The summed E-state index contributed by atoms with van der Waals surface area (Å²) in [5, 5.41) is 9.38. The van der Waals surface area contributed by atoms with E-state index in [-0.39, 0.29) is 19.0 Å². The summed E-state index contributed by atoms with van der Waals surface area (Å²) in [7, 11) is 0. The maximum absolute atomic E-state index is 9.38. The van der Waals surface area contributed by atoms with Crippen molar-refractivity contribution in [2.75, 3.05) is 13.2 Å². The lowest BCUT2D eigenvalue weighted by Gasteiger charge is -2.33. The van der Waals surface area contributed by atoms with E-state index in [1.807, 2.05) is 0 Å². The van der Waals surface area contributed by atoms with Crippen molar-refractivity contribution < 1.29 is 14.6 Å². The van der Waals surface area contributed by atoms with E-state index in [1.165, 1.54) is 41.6 Å². The molecule has 0 amide bonds. The van der Waals surface area contributed by atoms with Crippen molar-refractivity contribution in [1.29, 1.82) is 0 Å². The van der Waals surface area contributed by atoms with Crippen LogP contribution < -0.4 is 0 Å². The van der Waals surface area contributed by atoms with E-state index in [4.69, 9.17) is 9.47 Å². The monoisotopic (exact) mass is 470 g/mol. The summed E-state index contributed by atoms with van der Waals surface area (Å²) in [6.07, 6.45) is 16.7.